The Labute approximate surface area is 173 Å². The molecule has 11 heteroatoms. The van der Waals surface area contributed by atoms with E-state index in [4.69, 9.17) is 34.7 Å². The number of halogens is 2. The zero-order valence-corrected chi connectivity index (χ0v) is 16.3. The van der Waals surface area contributed by atoms with Crippen LogP contribution in [0, 0.1) is 0 Å². The van der Waals surface area contributed by atoms with Crippen molar-refractivity contribution in [3.05, 3.63) is 68.1 Å². The molecule has 0 atom stereocenters. The Bertz CT molecular complexity index is 1270. The summed E-state index contributed by atoms with van der Waals surface area (Å²) in [6.45, 7) is 0. The number of fused-ring (bicyclic) bond motifs is 1. The Kier molecular flexibility index (Phi) is 4.91. The van der Waals surface area contributed by atoms with Crippen LogP contribution in [0.15, 0.2) is 51.4 Å². The number of nitrogens with zero attached hydrogens (tertiary/aromatic N) is 4. The van der Waals surface area contributed by atoms with Gasteiger partial charge in [-0.05, 0) is 29.8 Å². The highest BCUT2D eigenvalue weighted by molar-refractivity contribution is 6.44. The van der Waals surface area contributed by atoms with Crippen molar-refractivity contribution in [2.24, 2.45) is 10.2 Å². The summed E-state index contributed by atoms with van der Waals surface area (Å²) in [5.74, 6) is 0.409. The van der Waals surface area contributed by atoms with Crippen LogP contribution < -0.4 is 17.0 Å². The lowest BCUT2D eigenvalue weighted by molar-refractivity contribution is 1.03. The zero-order valence-electron chi connectivity index (χ0n) is 14.8. The molecule has 0 amide bonds. The minimum atomic E-state index is -0.287. The van der Waals surface area contributed by atoms with Crippen molar-refractivity contribution in [1.82, 2.24) is 20.2 Å². The van der Waals surface area contributed by atoms with Crippen molar-refractivity contribution in [3.63, 3.8) is 0 Å². The Hall–Kier alpha value is -3.43. The predicted octanol–water partition coefficient (Wildman–Crippen LogP) is 4.12. The van der Waals surface area contributed by atoms with Crippen LogP contribution in [0.1, 0.15) is 11.3 Å². The number of aromatic amines is 2. The van der Waals surface area contributed by atoms with Gasteiger partial charge >= 0.3 is 0 Å². The van der Waals surface area contributed by atoms with E-state index in [-0.39, 0.29) is 22.9 Å². The topological polar surface area (TPSA) is 151 Å². The molecule has 0 saturated carbocycles. The van der Waals surface area contributed by atoms with Crippen molar-refractivity contribution < 1.29 is 0 Å². The van der Waals surface area contributed by atoms with Gasteiger partial charge in [-0.3, -0.25) is 9.89 Å². The molecule has 0 aliphatic carbocycles. The molecule has 0 aliphatic rings. The summed E-state index contributed by atoms with van der Waals surface area (Å²) in [6, 6.07) is 10.4. The van der Waals surface area contributed by atoms with Crippen molar-refractivity contribution in [3.8, 4) is 0 Å². The summed E-state index contributed by atoms with van der Waals surface area (Å²) in [6.07, 6.45) is 0.313. The van der Waals surface area contributed by atoms with Crippen molar-refractivity contribution in [1.29, 1.82) is 0 Å². The standard InChI is InChI=1S/C18H14Cl2N8O/c19-10-5-6-11-14(13(10)20)23-12(18(29)24-11)7-8-1-3-9(4-2-8)25-26-15-16(21)27-28-17(15)22/h1-6H,7H2,(H,24,29)(H5,21,22,27,28). The van der Waals surface area contributed by atoms with E-state index in [9.17, 15) is 4.79 Å². The number of hydrogen-bond donors (Lipinski definition) is 4. The number of aromatic nitrogens is 4. The van der Waals surface area contributed by atoms with Gasteiger partial charge in [0.05, 0.1) is 21.2 Å². The minimum absolute atomic E-state index is 0.170. The average molecular weight is 429 g/mol. The third-order valence-electron chi connectivity index (χ3n) is 4.19. The maximum Gasteiger partial charge on any atom is 0.270 e. The molecule has 0 bridgehead atoms. The molecule has 6 N–H and O–H groups in total. The first-order valence-corrected chi connectivity index (χ1v) is 9.15. The first-order valence-electron chi connectivity index (χ1n) is 8.39. The smallest absolute Gasteiger partial charge is 0.270 e. The number of nitrogen functional groups attached to an aromatic ring is 2. The third-order valence-corrected chi connectivity index (χ3v) is 4.99. The number of anilines is 2. The van der Waals surface area contributed by atoms with Gasteiger partial charge < -0.3 is 16.5 Å². The SMILES string of the molecule is Nc1n[nH]c(N)c1N=Nc1ccc(Cc2nc3c(Cl)c(Cl)ccc3[nH]c2=O)cc1. The molecule has 4 aromatic rings. The van der Waals surface area contributed by atoms with E-state index in [2.05, 4.69) is 30.4 Å². The van der Waals surface area contributed by atoms with E-state index in [1.807, 2.05) is 12.1 Å². The van der Waals surface area contributed by atoms with Gasteiger partial charge in [-0.25, -0.2) is 4.98 Å². The predicted molar refractivity (Wildman–Crippen MR) is 113 cm³/mol. The van der Waals surface area contributed by atoms with E-state index in [0.717, 1.165) is 5.56 Å². The first kappa shape index (κ1) is 18.9. The molecule has 0 radical (unpaired) electrons. The van der Waals surface area contributed by atoms with Crippen LogP contribution in [0.4, 0.5) is 23.0 Å². The summed E-state index contributed by atoms with van der Waals surface area (Å²) in [7, 11) is 0. The van der Waals surface area contributed by atoms with Crippen LogP contribution in [0.5, 0.6) is 0 Å². The lowest BCUT2D eigenvalue weighted by atomic mass is 10.1. The molecule has 2 aromatic heterocycles. The van der Waals surface area contributed by atoms with E-state index >= 15 is 0 Å². The van der Waals surface area contributed by atoms with Crippen LogP contribution in [-0.2, 0) is 6.42 Å². The molecule has 0 saturated heterocycles. The van der Waals surface area contributed by atoms with Gasteiger partial charge in [-0.1, -0.05) is 35.3 Å². The highest BCUT2D eigenvalue weighted by Crippen LogP contribution is 2.29. The number of nitrogens with two attached hydrogens (primary N) is 2. The quantitative estimate of drug-likeness (QED) is 0.360. The van der Waals surface area contributed by atoms with Crippen molar-refractivity contribution in [2.75, 3.05) is 11.5 Å². The van der Waals surface area contributed by atoms with Gasteiger partial charge in [0.25, 0.3) is 5.56 Å². The average Bonchev–Trinajstić information content (AvgIpc) is 3.03. The maximum atomic E-state index is 12.3. The Morgan fingerprint density at radius 3 is 2.48 bits per heavy atom. The van der Waals surface area contributed by atoms with Crippen LogP contribution >= 0.6 is 23.2 Å². The van der Waals surface area contributed by atoms with Crippen LogP contribution in [0.25, 0.3) is 11.0 Å². The number of H-pyrrole nitrogens is 2. The largest absolute Gasteiger partial charge is 0.382 e. The molecule has 2 aromatic carbocycles. The number of rotatable bonds is 4. The molecule has 0 unspecified atom stereocenters. The van der Waals surface area contributed by atoms with Crippen LogP contribution in [-0.4, -0.2) is 20.2 Å². The van der Waals surface area contributed by atoms with Gasteiger partial charge in [0, 0.05) is 6.42 Å². The molecular formula is C18H14Cl2N8O. The summed E-state index contributed by atoms with van der Waals surface area (Å²) in [5.41, 5.74) is 14.1. The fourth-order valence-electron chi connectivity index (χ4n) is 2.70. The normalized spacial score (nSPS) is 11.5. The summed E-state index contributed by atoms with van der Waals surface area (Å²) >= 11 is 12.2. The molecule has 4 rings (SSSR count). The fraction of sp³-hybridized carbons (Fsp3) is 0.0556. The second kappa shape index (κ2) is 7.53. The molecule has 146 valence electrons. The van der Waals surface area contributed by atoms with Gasteiger partial charge in [0.2, 0.25) is 0 Å². The Balaban J connectivity index is 1.58. The van der Waals surface area contributed by atoms with Crippen LogP contribution in [0.2, 0.25) is 10.0 Å². The number of azo groups is 1. The highest BCUT2D eigenvalue weighted by atomic mass is 35.5. The zero-order chi connectivity index (χ0) is 20.5. The first-order chi connectivity index (χ1) is 13.9. The lowest BCUT2D eigenvalue weighted by Crippen LogP contribution is -2.15. The molecule has 2 heterocycles. The molecule has 0 fully saturated rings. The van der Waals surface area contributed by atoms with Gasteiger partial charge in [-0.2, -0.15) is 10.2 Å². The molecule has 9 nitrogen and oxygen atoms in total. The number of nitrogens with one attached hydrogen (secondary N) is 2. The molecule has 0 aliphatic heterocycles. The summed E-state index contributed by atoms with van der Waals surface area (Å²) < 4.78 is 0. The van der Waals surface area contributed by atoms with E-state index in [1.165, 1.54) is 0 Å². The number of benzene rings is 2. The number of hydrogen-bond acceptors (Lipinski definition) is 7. The lowest BCUT2D eigenvalue weighted by Gasteiger charge is -2.05. The molecule has 0 spiro atoms. The third kappa shape index (κ3) is 3.78. The van der Waals surface area contributed by atoms with Crippen LogP contribution in [0.3, 0.4) is 0 Å². The van der Waals surface area contributed by atoms with Gasteiger partial charge in [-0.15, -0.1) is 5.11 Å². The van der Waals surface area contributed by atoms with E-state index in [0.29, 0.717) is 38.9 Å². The summed E-state index contributed by atoms with van der Waals surface area (Å²) in [5, 5.41) is 15.0. The fourth-order valence-corrected chi connectivity index (χ4v) is 3.06. The van der Waals surface area contributed by atoms with Crippen molar-refractivity contribution >= 4 is 57.2 Å². The maximum absolute atomic E-state index is 12.3. The van der Waals surface area contributed by atoms with E-state index in [1.54, 1.807) is 24.3 Å². The minimum Gasteiger partial charge on any atom is -0.382 e. The van der Waals surface area contributed by atoms with Crippen molar-refractivity contribution in [2.45, 2.75) is 6.42 Å². The Morgan fingerprint density at radius 1 is 1.03 bits per heavy atom. The monoisotopic (exact) mass is 428 g/mol. The molecular weight excluding hydrogens is 415 g/mol. The van der Waals surface area contributed by atoms with Gasteiger partial charge in [0.15, 0.2) is 11.5 Å². The molecule has 29 heavy (non-hydrogen) atoms. The van der Waals surface area contributed by atoms with Gasteiger partial charge in [0.1, 0.15) is 17.0 Å². The Morgan fingerprint density at radius 2 is 1.79 bits per heavy atom. The second-order valence-electron chi connectivity index (χ2n) is 6.18. The second-order valence-corrected chi connectivity index (χ2v) is 6.97. The highest BCUT2D eigenvalue weighted by Gasteiger charge is 2.11. The summed E-state index contributed by atoms with van der Waals surface area (Å²) in [4.78, 5) is 19.5. The van der Waals surface area contributed by atoms with E-state index < -0.39 is 0 Å².